The zero-order valence-corrected chi connectivity index (χ0v) is 16.1. The van der Waals surface area contributed by atoms with Crippen molar-refractivity contribution in [3.8, 4) is 11.5 Å². The van der Waals surface area contributed by atoms with Crippen LogP contribution in [-0.2, 0) is 9.59 Å². The van der Waals surface area contributed by atoms with E-state index in [4.69, 9.17) is 9.47 Å². The van der Waals surface area contributed by atoms with Crippen LogP contribution < -0.4 is 14.8 Å². The molecular formula is C20H18N2O5S. The molecule has 2 aromatic rings. The molecule has 3 rings (SSSR count). The third-order valence-corrected chi connectivity index (χ3v) is 4.88. The number of benzene rings is 2. The van der Waals surface area contributed by atoms with Crippen molar-refractivity contribution in [1.82, 2.24) is 4.90 Å². The molecule has 0 bridgehead atoms. The van der Waals surface area contributed by atoms with Crippen LogP contribution in [0.2, 0.25) is 0 Å². The molecule has 0 saturated carbocycles. The lowest BCUT2D eigenvalue weighted by Gasteiger charge is -2.12. The van der Waals surface area contributed by atoms with Crippen molar-refractivity contribution < 1.29 is 23.9 Å². The van der Waals surface area contributed by atoms with Gasteiger partial charge in [0, 0.05) is 11.3 Å². The summed E-state index contributed by atoms with van der Waals surface area (Å²) in [6, 6.07) is 13.9. The fraction of sp³-hybridized carbons (Fsp3) is 0.150. The summed E-state index contributed by atoms with van der Waals surface area (Å²) in [4.78, 5) is 38.2. The summed E-state index contributed by atoms with van der Waals surface area (Å²) in [5.41, 5.74) is 1.22. The van der Waals surface area contributed by atoms with E-state index in [1.165, 1.54) is 7.11 Å². The first-order valence-electron chi connectivity index (χ1n) is 8.34. The van der Waals surface area contributed by atoms with Crippen LogP contribution >= 0.6 is 11.8 Å². The monoisotopic (exact) mass is 398 g/mol. The second-order valence-corrected chi connectivity index (χ2v) is 6.78. The number of carbonyl (C=O) groups excluding carboxylic acids is 3. The molecule has 3 amide bonds. The van der Waals surface area contributed by atoms with E-state index in [0.29, 0.717) is 22.7 Å². The minimum Gasteiger partial charge on any atom is -0.497 e. The van der Waals surface area contributed by atoms with Gasteiger partial charge in [0.2, 0.25) is 5.91 Å². The SMILES string of the molecule is COc1ccc(NC(=O)CN2C(=O)S/C(=C\c3ccccc3OC)C2=O)cc1. The fourth-order valence-electron chi connectivity index (χ4n) is 2.58. The number of rotatable bonds is 6. The summed E-state index contributed by atoms with van der Waals surface area (Å²) in [5, 5.41) is 2.16. The van der Waals surface area contributed by atoms with Crippen molar-refractivity contribution in [2.45, 2.75) is 0 Å². The summed E-state index contributed by atoms with van der Waals surface area (Å²) in [6.07, 6.45) is 1.59. The Morgan fingerprint density at radius 1 is 1.07 bits per heavy atom. The topological polar surface area (TPSA) is 84.9 Å². The fourth-order valence-corrected chi connectivity index (χ4v) is 3.41. The molecule has 7 nitrogen and oxygen atoms in total. The molecule has 0 radical (unpaired) electrons. The van der Waals surface area contributed by atoms with Crippen molar-refractivity contribution in [2.75, 3.05) is 26.1 Å². The number of hydrogen-bond acceptors (Lipinski definition) is 6. The maximum atomic E-state index is 12.6. The lowest BCUT2D eigenvalue weighted by atomic mass is 10.2. The summed E-state index contributed by atoms with van der Waals surface area (Å²) in [5.74, 6) is 0.272. The first-order valence-corrected chi connectivity index (χ1v) is 9.15. The summed E-state index contributed by atoms with van der Waals surface area (Å²) in [7, 11) is 3.08. The predicted molar refractivity (Wildman–Crippen MR) is 107 cm³/mol. The lowest BCUT2D eigenvalue weighted by Crippen LogP contribution is -2.36. The van der Waals surface area contributed by atoms with Gasteiger partial charge in [0.15, 0.2) is 0 Å². The minimum atomic E-state index is -0.509. The molecule has 1 aliphatic rings. The van der Waals surface area contributed by atoms with Crippen molar-refractivity contribution in [3.63, 3.8) is 0 Å². The Balaban J connectivity index is 1.69. The summed E-state index contributed by atoms with van der Waals surface area (Å²) in [6.45, 7) is -0.361. The highest BCUT2D eigenvalue weighted by atomic mass is 32.2. The number of hydrogen-bond donors (Lipinski definition) is 1. The Hall–Kier alpha value is -3.26. The van der Waals surface area contributed by atoms with Gasteiger partial charge in [-0.1, -0.05) is 18.2 Å². The molecule has 2 aromatic carbocycles. The molecule has 1 heterocycles. The smallest absolute Gasteiger partial charge is 0.294 e. The van der Waals surface area contributed by atoms with E-state index in [2.05, 4.69) is 5.32 Å². The van der Waals surface area contributed by atoms with E-state index in [-0.39, 0.29) is 11.4 Å². The molecule has 8 heteroatoms. The first-order chi connectivity index (χ1) is 13.5. The van der Waals surface area contributed by atoms with Gasteiger partial charge in [0.05, 0.1) is 19.1 Å². The van der Waals surface area contributed by atoms with Gasteiger partial charge in [-0.3, -0.25) is 19.3 Å². The number of imide groups is 1. The number of para-hydroxylation sites is 1. The number of thioether (sulfide) groups is 1. The number of nitrogens with zero attached hydrogens (tertiary/aromatic N) is 1. The first kappa shape index (κ1) is 19.5. The zero-order valence-electron chi connectivity index (χ0n) is 15.3. The van der Waals surface area contributed by atoms with Crippen molar-refractivity contribution in [3.05, 3.63) is 59.0 Å². The third-order valence-electron chi connectivity index (χ3n) is 3.97. The highest BCUT2D eigenvalue weighted by Crippen LogP contribution is 2.33. The second-order valence-electron chi connectivity index (χ2n) is 5.79. The highest BCUT2D eigenvalue weighted by Gasteiger charge is 2.36. The normalized spacial score (nSPS) is 15.1. The van der Waals surface area contributed by atoms with Crippen LogP contribution in [0, 0.1) is 0 Å². The van der Waals surface area contributed by atoms with Crippen molar-refractivity contribution >= 4 is 40.6 Å². The maximum absolute atomic E-state index is 12.6. The van der Waals surface area contributed by atoms with Crippen LogP contribution in [0.25, 0.3) is 6.08 Å². The average molecular weight is 398 g/mol. The molecule has 144 valence electrons. The van der Waals surface area contributed by atoms with Crippen LogP contribution in [0.1, 0.15) is 5.56 Å². The molecule has 0 spiro atoms. The Morgan fingerprint density at radius 3 is 2.46 bits per heavy atom. The zero-order chi connectivity index (χ0) is 20.1. The molecule has 1 saturated heterocycles. The van der Waals surface area contributed by atoms with Crippen LogP contribution in [0.3, 0.4) is 0 Å². The molecular weight excluding hydrogens is 380 g/mol. The second kappa shape index (κ2) is 8.62. The van der Waals surface area contributed by atoms with E-state index in [9.17, 15) is 14.4 Å². The third kappa shape index (κ3) is 4.34. The summed E-state index contributed by atoms with van der Waals surface area (Å²) >= 11 is 0.795. The molecule has 0 aliphatic carbocycles. The molecule has 1 N–H and O–H groups in total. The maximum Gasteiger partial charge on any atom is 0.294 e. The lowest BCUT2D eigenvalue weighted by molar-refractivity contribution is -0.127. The quantitative estimate of drug-likeness (QED) is 0.751. The molecule has 28 heavy (non-hydrogen) atoms. The number of methoxy groups -OCH3 is 2. The van der Waals surface area contributed by atoms with Gasteiger partial charge >= 0.3 is 0 Å². The molecule has 1 aliphatic heterocycles. The average Bonchev–Trinajstić information content (AvgIpc) is 2.96. The standard InChI is InChI=1S/C20H18N2O5S/c1-26-15-9-7-14(8-10-15)21-18(23)12-22-19(24)17(28-20(22)25)11-13-5-3-4-6-16(13)27-2/h3-11H,12H2,1-2H3,(H,21,23)/b17-11-. The number of ether oxygens (including phenoxy) is 2. The number of amides is 3. The van der Waals surface area contributed by atoms with Gasteiger partial charge in [-0.05, 0) is 48.2 Å². The van der Waals surface area contributed by atoms with Gasteiger partial charge in [0.25, 0.3) is 11.1 Å². The molecule has 1 fully saturated rings. The van der Waals surface area contributed by atoms with E-state index in [1.807, 2.05) is 6.07 Å². The van der Waals surface area contributed by atoms with Gasteiger partial charge in [0.1, 0.15) is 18.0 Å². The Morgan fingerprint density at radius 2 is 1.79 bits per heavy atom. The number of anilines is 1. The van der Waals surface area contributed by atoms with Crippen LogP contribution in [-0.4, -0.2) is 42.7 Å². The van der Waals surface area contributed by atoms with Crippen LogP contribution in [0.5, 0.6) is 11.5 Å². The number of nitrogens with one attached hydrogen (secondary N) is 1. The van der Waals surface area contributed by atoms with E-state index in [1.54, 1.807) is 55.7 Å². The Kier molecular flexibility index (Phi) is 6.00. The molecule has 0 aromatic heterocycles. The molecule has 0 unspecified atom stereocenters. The largest absolute Gasteiger partial charge is 0.497 e. The van der Waals surface area contributed by atoms with Gasteiger partial charge in [-0.25, -0.2) is 0 Å². The van der Waals surface area contributed by atoms with Crippen molar-refractivity contribution in [2.24, 2.45) is 0 Å². The van der Waals surface area contributed by atoms with E-state index in [0.717, 1.165) is 16.7 Å². The minimum absolute atomic E-state index is 0.242. The Bertz CT molecular complexity index is 940. The highest BCUT2D eigenvalue weighted by molar-refractivity contribution is 8.18. The molecule has 0 atom stereocenters. The van der Waals surface area contributed by atoms with E-state index < -0.39 is 17.1 Å². The summed E-state index contributed by atoms with van der Waals surface area (Å²) < 4.78 is 10.3. The van der Waals surface area contributed by atoms with E-state index >= 15 is 0 Å². The van der Waals surface area contributed by atoms with Crippen LogP contribution in [0.15, 0.2) is 53.4 Å². The van der Waals surface area contributed by atoms with Gasteiger partial charge in [-0.15, -0.1) is 0 Å². The Labute approximate surface area is 166 Å². The van der Waals surface area contributed by atoms with Gasteiger partial charge < -0.3 is 14.8 Å². The predicted octanol–water partition coefficient (Wildman–Crippen LogP) is 3.38. The number of carbonyl (C=O) groups is 3. The van der Waals surface area contributed by atoms with Crippen LogP contribution in [0.4, 0.5) is 10.5 Å². The van der Waals surface area contributed by atoms with Crippen molar-refractivity contribution in [1.29, 1.82) is 0 Å². The van der Waals surface area contributed by atoms with Gasteiger partial charge in [-0.2, -0.15) is 0 Å².